The van der Waals surface area contributed by atoms with Gasteiger partial charge in [-0.2, -0.15) is 0 Å². The van der Waals surface area contributed by atoms with Crippen molar-refractivity contribution in [3.63, 3.8) is 0 Å². The molecule has 3 aromatic carbocycles. The summed E-state index contributed by atoms with van der Waals surface area (Å²) in [5, 5.41) is 0. The first-order valence-corrected chi connectivity index (χ1v) is 13.9. The second kappa shape index (κ2) is 10.6. The number of piperidine rings is 1. The predicted molar refractivity (Wildman–Crippen MR) is 153 cm³/mol. The minimum atomic E-state index is 0.000973. The molecular weight excluding hydrogens is 476 g/mol. The number of thioether (sulfide) groups is 1. The van der Waals surface area contributed by atoms with E-state index in [1.165, 1.54) is 29.3 Å². The highest BCUT2D eigenvalue weighted by molar-refractivity contribution is 8.04. The van der Waals surface area contributed by atoms with E-state index in [1.54, 1.807) is 0 Å². The number of hydrogen-bond acceptors (Lipinski definition) is 3. The first kappa shape index (κ1) is 25.3. The zero-order chi connectivity index (χ0) is 26.1. The molecule has 4 nitrogen and oxygen atoms in total. The van der Waals surface area contributed by atoms with Gasteiger partial charge in [0.2, 0.25) is 0 Å². The number of anilines is 1. The van der Waals surface area contributed by atoms with Gasteiger partial charge < -0.3 is 9.80 Å². The van der Waals surface area contributed by atoms with Crippen molar-refractivity contribution in [2.45, 2.75) is 45.6 Å². The average Bonchev–Trinajstić information content (AvgIpc) is 2.88. The van der Waals surface area contributed by atoms with Crippen LogP contribution in [0.25, 0.3) is 6.08 Å². The maximum Gasteiger partial charge on any atom is 0.265 e. The number of hydrogen-bond donors (Lipinski definition) is 0. The second-order valence-electron chi connectivity index (χ2n) is 10.7. The molecule has 3 aromatic rings. The van der Waals surface area contributed by atoms with Crippen LogP contribution in [-0.4, -0.2) is 29.8 Å². The third-order valence-corrected chi connectivity index (χ3v) is 8.35. The molecule has 5 rings (SSSR count). The summed E-state index contributed by atoms with van der Waals surface area (Å²) < 4.78 is 0. The van der Waals surface area contributed by atoms with Gasteiger partial charge in [0, 0.05) is 23.5 Å². The number of aryl methyl sites for hydroxylation is 2. The fourth-order valence-electron chi connectivity index (χ4n) is 5.44. The van der Waals surface area contributed by atoms with E-state index in [-0.39, 0.29) is 11.8 Å². The lowest BCUT2D eigenvalue weighted by Crippen LogP contribution is -2.42. The molecule has 0 saturated carbocycles. The van der Waals surface area contributed by atoms with Crippen molar-refractivity contribution in [3.05, 3.63) is 99.5 Å². The van der Waals surface area contributed by atoms with Crippen LogP contribution in [0.5, 0.6) is 0 Å². The number of carbonyl (C=O) groups excluding carboxylic acids is 2. The molecule has 2 heterocycles. The number of carbonyl (C=O) groups is 2. The summed E-state index contributed by atoms with van der Waals surface area (Å²) in [6, 6.07) is 22.1. The first-order valence-electron chi connectivity index (χ1n) is 13.0. The highest BCUT2D eigenvalue weighted by Gasteiger charge is 2.30. The fourth-order valence-corrected chi connectivity index (χ4v) is 6.50. The monoisotopic (exact) mass is 510 g/mol. The lowest BCUT2D eigenvalue weighted by molar-refractivity contribution is -0.114. The van der Waals surface area contributed by atoms with Crippen molar-refractivity contribution in [1.29, 1.82) is 0 Å². The molecule has 2 aliphatic heterocycles. The number of para-hydroxylation sites is 1. The van der Waals surface area contributed by atoms with Gasteiger partial charge >= 0.3 is 0 Å². The van der Waals surface area contributed by atoms with Gasteiger partial charge in [0.05, 0.1) is 17.1 Å². The summed E-state index contributed by atoms with van der Waals surface area (Å²) in [6.07, 6.45) is 3.11. The molecule has 5 heteroatoms. The Morgan fingerprint density at radius 3 is 2.41 bits per heavy atom. The van der Waals surface area contributed by atoms with Crippen molar-refractivity contribution in [3.8, 4) is 0 Å². The van der Waals surface area contributed by atoms with Crippen molar-refractivity contribution in [2.75, 3.05) is 18.0 Å². The van der Waals surface area contributed by atoms with Crippen LogP contribution < -0.4 is 4.90 Å². The lowest BCUT2D eigenvalue weighted by Gasteiger charge is -2.35. The minimum absolute atomic E-state index is 0.000973. The van der Waals surface area contributed by atoms with Crippen molar-refractivity contribution in [1.82, 2.24) is 4.90 Å². The largest absolute Gasteiger partial charge is 0.338 e. The van der Waals surface area contributed by atoms with Gasteiger partial charge in [-0.05, 0) is 79.1 Å². The molecule has 2 aliphatic rings. The molecule has 2 amide bonds. The summed E-state index contributed by atoms with van der Waals surface area (Å²) in [4.78, 5) is 32.4. The van der Waals surface area contributed by atoms with Crippen LogP contribution in [0.4, 0.5) is 5.69 Å². The van der Waals surface area contributed by atoms with Crippen LogP contribution >= 0.6 is 11.8 Å². The van der Waals surface area contributed by atoms with Crippen LogP contribution in [0.1, 0.15) is 52.9 Å². The van der Waals surface area contributed by atoms with Gasteiger partial charge in [0.25, 0.3) is 11.8 Å². The molecule has 0 spiro atoms. The maximum atomic E-state index is 13.7. The third kappa shape index (κ3) is 5.52. The first-order chi connectivity index (χ1) is 17.8. The standard InChI is InChI=1S/C32H34N2O2S/c1-21-9-10-24(4)27(16-21)20-34-28-7-5-6-8-29(28)37-30(32(34)36)17-25-11-13-26(14-12-25)31(35)33-18-22(2)15-23(3)19-33/h5-14,16-17,22-23H,15,18-20H2,1-4H3/b30-17-/t22-,23+. The van der Waals surface area contributed by atoms with E-state index in [2.05, 4.69) is 52.0 Å². The summed E-state index contributed by atoms with van der Waals surface area (Å²) >= 11 is 1.51. The van der Waals surface area contributed by atoms with E-state index in [0.29, 0.717) is 28.8 Å². The molecule has 0 radical (unpaired) electrons. The Labute approximate surface area is 224 Å². The predicted octanol–water partition coefficient (Wildman–Crippen LogP) is 7.10. The Kier molecular flexibility index (Phi) is 7.25. The van der Waals surface area contributed by atoms with Crippen LogP contribution in [-0.2, 0) is 11.3 Å². The summed E-state index contributed by atoms with van der Waals surface area (Å²) in [7, 11) is 0. The highest BCUT2D eigenvalue weighted by atomic mass is 32.2. The number of nitrogens with zero attached hydrogens (tertiary/aromatic N) is 2. The molecule has 1 saturated heterocycles. The van der Waals surface area contributed by atoms with Gasteiger partial charge in [-0.1, -0.05) is 73.6 Å². The van der Waals surface area contributed by atoms with Crippen LogP contribution in [0, 0.1) is 25.7 Å². The van der Waals surface area contributed by atoms with E-state index in [0.717, 1.165) is 34.8 Å². The van der Waals surface area contributed by atoms with E-state index in [4.69, 9.17) is 0 Å². The fraction of sp³-hybridized carbons (Fsp3) is 0.312. The molecule has 0 bridgehead atoms. The number of benzene rings is 3. The zero-order valence-electron chi connectivity index (χ0n) is 22.0. The molecule has 2 atom stereocenters. The Morgan fingerprint density at radius 1 is 0.973 bits per heavy atom. The van der Waals surface area contributed by atoms with Gasteiger partial charge in [-0.25, -0.2) is 0 Å². The molecule has 1 fully saturated rings. The molecule has 190 valence electrons. The van der Waals surface area contributed by atoms with Crippen LogP contribution in [0.3, 0.4) is 0 Å². The van der Waals surface area contributed by atoms with E-state index in [1.807, 2.05) is 58.3 Å². The second-order valence-corrected chi connectivity index (χ2v) is 11.8. The molecule has 0 unspecified atom stereocenters. The zero-order valence-corrected chi connectivity index (χ0v) is 22.8. The Balaban J connectivity index is 1.40. The average molecular weight is 511 g/mol. The molecule has 37 heavy (non-hydrogen) atoms. The van der Waals surface area contributed by atoms with Crippen LogP contribution in [0.15, 0.2) is 76.5 Å². The molecule has 0 N–H and O–H groups in total. The van der Waals surface area contributed by atoms with Gasteiger partial charge in [0.1, 0.15) is 0 Å². The highest BCUT2D eigenvalue weighted by Crippen LogP contribution is 2.42. The van der Waals surface area contributed by atoms with Gasteiger partial charge in [-0.3, -0.25) is 9.59 Å². The van der Waals surface area contributed by atoms with Crippen LogP contribution in [0.2, 0.25) is 0 Å². The number of amides is 2. The topological polar surface area (TPSA) is 40.6 Å². The summed E-state index contributed by atoms with van der Waals surface area (Å²) in [6.45, 7) is 10.8. The number of likely N-dealkylation sites (tertiary alicyclic amines) is 1. The quantitative estimate of drug-likeness (QED) is 0.352. The smallest absolute Gasteiger partial charge is 0.265 e. The van der Waals surface area contributed by atoms with Gasteiger partial charge in [-0.15, -0.1) is 0 Å². The Hall–Kier alpha value is -3.31. The lowest BCUT2D eigenvalue weighted by atomic mass is 9.91. The SMILES string of the molecule is Cc1ccc(C)c(CN2C(=O)/C(=C/c3ccc(C(=O)N4C[C@H](C)C[C@H](C)C4)cc3)Sc3ccccc32)c1. The van der Waals surface area contributed by atoms with Crippen molar-refractivity contribution >= 4 is 35.3 Å². The summed E-state index contributed by atoms with van der Waals surface area (Å²) in [5.74, 6) is 1.15. The molecular formula is C32H34N2O2S. The van der Waals surface area contributed by atoms with Crippen molar-refractivity contribution in [2.24, 2.45) is 11.8 Å². The number of rotatable bonds is 4. The Morgan fingerprint density at radius 2 is 1.68 bits per heavy atom. The molecule has 0 aliphatic carbocycles. The minimum Gasteiger partial charge on any atom is -0.338 e. The van der Waals surface area contributed by atoms with E-state index in [9.17, 15) is 9.59 Å². The normalized spacial score (nSPS) is 20.8. The van der Waals surface area contributed by atoms with Gasteiger partial charge in [0.15, 0.2) is 0 Å². The number of fused-ring (bicyclic) bond motifs is 1. The van der Waals surface area contributed by atoms with E-state index >= 15 is 0 Å². The Bertz CT molecular complexity index is 1350. The van der Waals surface area contributed by atoms with Crippen molar-refractivity contribution < 1.29 is 9.59 Å². The molecule has 0 aromatic heterocycles. The van der Waals surface area contributed by atoms with E-state index < -0.39 is 0 Å². The third-order valence-electron chi connectivity index (χ3n) is 7.28. The maximum absolute atomic E-state index is 13.7. The summed E-state index contributed by atoms with van der Waals surface area (Å²) in [5.41, 5.74) is 6.08.